The van der Waals surface area contributed by atoms with Crippen molar-refractivity contribution >= 4 is 12.2 Å². The molecule has 5 heteroatoms. The van der Waals surface area contributed by atoms with Gasteiger partial charge >= 0.3 is 0 Å². The van der Waals surface area contributed by atoms with E-state index in [0.29, 0.717) is 12.5 Å². The number of carbonyl (C=O) groups excluding carboxylic acids is 1. The number of rotatable bonds is 4. The highest BCUT2D eigenvalue weighted by Crippen LogP contribution is 2.38. The summed E-state index contributed by atoms with van der Waals surface area (Å²) in [4.78, 5) is 14.9. The zero-order valence-electron chi connectivity index (χ0n) is 10.7. The molecule has 0 bridgehead atoms. The van der Waals surface area contributed by atoms with Crippen molar-refractivity contribution in [1.29, 1.82) is 0 Å². The Kier molecular flexibility index (Phi) is 3.11. The van der Waals surface area contributed by atoms with Gasteiger partial charge in [0.05, 0.1) is 0 Å². The number of ether oxygens (including phenoxy) is 3. The highest BCUT2D eigenvalue weighted by molar-refractivity contribution is 5.97. The summed E-state index contributed by atoms with van der Waals surface area (Å²) in [6.45, 7) is 2.68. The normalized spacial score (nSPS) is 20.1. The zero-order chi connectivity index (χ0) is 13.2. The molecule has 19 heavy (non-hydrogen) atoms. The van der Waals surface area contributed by atoms with Crippen LogP contribution < -0.4 is 9.47 Å². The van der Waals surface area contributed by atoms with E-state index in [1.165, 1.54) is 0 Å². The van der Waals surface area contributed by atoms with E-state index in [1.807, 2.05) is 12.1 Å². The summed E-state index contributed by atoms with van der Waals surface area (Å²) in [7, 11) is 0. The molecule has 0 aliphatic carbocycles. The molecule has 0 saturated carbocycles. The van der Waals surface area contributed by atoms with Crippen LogP contribution in [0.25, 0.3) is 0 Å². The summed E-state index contributed by atoms with van der Waals surface area (Å²) in [5, 5.41) is 0. The molecule has 3 rings (SSSR count). The number of nitrogens with zero attached hydrogens (tertiary/aromatic N) is 1. The van der Waals surface area contributed by atoms with E-state index >= 15 is 0 Å². The number of benzene rings is 1. The van der Waals surface area contributed by atoms with Gasteiger partial charge in [0, 0.05) is 5.56 Å². The van der Waals surface area contributed by atoms with Crippen molar-refractivity contribution in [2.45, 2.75) is 25.8 Å². The number of hydrogen-bond donors (Lipinski definition) is 0. The molecule has 0 fully saturated rings. The lowest BCUT2D eigenvalue weighted by Gasteiger charge is -2.08. The highest BCUT2D eigenvalue weighted by Gasteiger charge is 2.24. The van der Waals surface area contributed by atoms with Crippen LogP contribution in [-0.4, -0.2) is 31.6 Å². The van der Waals surface area contributed by atoms with Crippen LogP contribution in [-0.2, 0) is 16.0 Å². The Balaban J connectivity index is 1.99. The predicted octanol–water partition coefficient (Wildman–Crippen LogP) is 1.71. The number of fused-ring (bicyclic) bond motifs is 1. The Bertz CT molecular complexity index is 538. The molecule has 0 saturated heterocycles. The lowest BCUT2D eigenvalue weighted by molar-refractivity contribution is -0.109. The van der Waals surface area contributed by atoms with E-state index in [9.17, 15) is 4.79 Å². The topological polar surface area (TPSA) is 57.1 Å². The largest absolute Gasteiger partial charge is 0.475 e. The Morgan fingerprint density at radius 2 is 2.26 bits per heavy atom. The van der Waals surface area contributed by atoms with Crippen LogP contribution in [0.5, 0.6) is 11.5 Å². The van der Waals surface area contributed by atoms with Gasteiger partial charge < -0.3 is 19.0 Å². The number of aryl methyl sites for hydroxylation is 1. The van der Waals surface area contributed by atoms with Gasteiger partial charge in [-0.15, -0.1) is 0 Å². The maximum absolute atomic E-state index is 10.7. The number of hydrogen-bond acceptors (Lipinski definition) is 5. The van der Waals surface area contributed by atoms with Gasteiger partial charge in [-0.05, 0) is 24.1 Å². The van der Waals surface area contributed by atoms with Crippen LogP contribution in [0.2, 0.25) is 0 Å². The molecule has 0 aromatic heterocycles. The Hall–Kier alpha value is -2.04. The third kappa shape index (κ3) is 2.16. The van der Waals surface area contributed by atoms with Crippen LogP contribution in [0, 0.1) is 0 Å². The Labute approximate surface area is 111 Å². The van der Waals surface area contributed by atoms with Gasteiger partial charge in [-0.25, -0.2) is 4.99 Å². The van der Waals surface area contributed by atoms with Crippen LogP contribution in [0.1, 0.15) is 24.5 Å². The monoisotopic (exact) mass is 261 g/mol. The molecular formula is C14H15NO4. The number of aliphatic imine (C=N–C) groups is 1. The summed E-state index contributed by atoms with van der Waals surface area (Å²) in [6, 6.07) is 3.46. The van der Waals surface area contributed by atoms with E-state index in [0.717, 1.165) is 41.8 Å². The third-order valence-corrected chi connectivity index (χ3v) is 3.15. The summed E-state index contributed by atoms with van der Waals surface area (Å²) in [5.74, 6) is 2.05. The molecule has 2 aliphatic rings. The van der Waals surface area contributed by atoms with Gasteiger partial charge in [0.15, 0.2) is 11.5 Å². The van der Waals surface area contributed by atoms with Gasteiger partial charge in [-0.3, -0.25) is 0 Å². The van der Waals surface area contributed by atoms with Gasteiger partial charge in [-0.1, -0.05) is 13.3 Å². The van der Waals surface area contributed by atoms with Crippen LogP contribution in [0.3, 0.4) is 0 Å². The Morgan fingerprint density at radius 1 is 1.37 bits per heavy atom. The second-order valence-corrected chi connectivity index (χ2v) is 4.57. The third-order valence-electron chi connectivity index (χ3n) is 3.15. The second-order valence-electron chi connectivity index (χ2n) is 4.57. The molecule has 1 aromatic carbocycles. The van der Waals surface area contributed by atoms with Crippen molar-refractivity contribution in [1.82, 2.24) is 0 Å². The van der Waals surface area contributed by atoms with Crippen LogP contribution in [0.15, 0.2) is 17.1 Å². The van der Waals surface area contributed by atoms with Crippen molar-refractivity contribution in [3.63, 3.8) is 0 Å². The van der Waals surface area contributed by atoms with E-state index < -0.39 is 6.04 Å². The minimum absolute atomic E-state index is 0.250. The molecule has 0 spiro atoms. The maximum Gasteiger partial charge on any atom is 0.231 e. The van der Waals surface area contributed by atoms with E-state index in [2.05, 4.69) is 11.9 Å². The van der Waals surface area contributed by atoms with Crippen LogP contribution in [0.4, 0.5) is 0 Å². The summed E-state index contributed by atoms with van der Waals surface area (Å²) in [5.41, 5.74) is 1.94. The molecule has 0 N–H and O–H groups in total. The minimum atomic E-state index is -0.393. The van der Waals surface area contributed by atoms with Crippen molar-refractivity contribution < 1.29 is 19.0 Å². The minimum Gasteiger partial charge on any atom is -0.475 e. The van der Waals surface area contributed by atoms with Crippen molar-refractivity contribution in [3.8, 4) is 11.5 Å². The number of carbonyl (C=O) groups is 1. The van der Waals surface area contributed by atoms with Crippen molar-refractivity contribution in [2.75, 3.05) is 13.4 Å². The quantitative estimate of drug-likeness (QED) is 0.774. The molecule has 1 aromatic rings. The van der Waals surface area contributed by atoms with Gasteiger partial charge in [-0.2, -0.15) is 0 Å². The molecule has 1 atom stereocenters. The van der Waals surface area contributed by atoms with E-state index in [4.69, 9.17) is 14.2 Å². The first kappa shape index (κ1) is 12.0. The van der Waals surface area contributed by atoms with Gasteiger partial charge in [0.2, 0.25) is 12.7 Å². The lowest BCUT2D eigenvalue weighted by atomic mass is 10.0. The smallest absolute Gasteiger partial charge is 0.231 e. The van der Waals surface area contributed by atoms with Crippen LogP contribution >= 0.6 is 0 Å². The number of aldehydes is 1. The van der Waals surface area contributed by atoms with Crippen molar-refractivity contribution in [3.05, 3.63) is 23.3 Å². The average molecular weight is 261 g/mol. The van der Waals surface area contributed by atoms with Gasteiger partial charge in [0.1, 0.15) is 18.9 Å². The maximum atomic E-state index is 10.7. The average Bonchev–Trinajstić information content (AvgIpc) is 3.07. The first-order chi connectivity index (χ1) is 9.31. The van der Waals surface area contributed by atoms with E-state index in [1.54, 1.807) is 0 Å². The molecule has 0 amide bonds. The molecule has 5 nitrogen and oxygen atoms in total. The summed E-state index contributed by atoms with van der Waals surface area (Å²) in [6.07, 6.45) is 2.72. The molecular weight excluding hydrogens is 246 g/mol. The SMILES string of the molecule is CCCc1cc(C2=N[C@@H](C=O)CO2)cc2c1OCO2. The van der Waals surface area contributed by atoms with Gasteiger partial charge in [0.25, 0.3) is 0 Å². The molecule has 0 unspecified atom stereocenters. The first-order valence-corrected chi connectivity index (χ1v) is 6.40. The summed E-state index contributed by atoms with van der Waals surface area (Å²) >= 11 is 0. The fraction of sp³-hybridized carbons (Fsp3) is 0.429. The first-order valence-electron chi connectivity index (χ1n) is 6.40. The summed E-state index contributed by atoms with van der Waals surface area (Å²) < 4.78 is 16.4. The predicted molar refractivity (Wildman–Crippen MR) is 68.9 cm³/mol. The lowest BCUT2D eigenvalue weighted by Crippen LogP contribution is -2.06. The molecule has 2 aliphatic heterocycles. The van der Waals surface area contributed by atoms with E-state index in [-0.39, 0.29) is 6.79 Å². The molecule has 100 valence electrons. The van der Waals surface area contributed by atoms with Crippen molar-refractivity contribution in [2.24, 2.45) is 4.99 Å². The standard InChI is InChI=1S/C14H15NO4/c1-2-3-9-4-10(5-12-13(9)19-8-18-12)14-15-11(6-16)7-17-14/h4-6,11H,2-3,7-8H2,1H3/t11-/m0/s1. The Morgan fingerprint density at radius 3 is 3.00 bits per heavy atom. The molecule has 2 heterocycles. The fourth-order valence-electron chi connectivity index (χ4n) is 2.28. The molecule has 0 radical (unpaired) electrons. The zero-order valence-corrected chi connectivity index (χ0v) is 10.7. The highest BCUT2D eigenvalue weighted by atomic mass is 16.7. The second kappa shape index (κ2) is 4.91. The fourth-order valence-corrected chi connectivity index (χ4v) is 2.28.